The second-order valence-corrected chi connectivity index (χ2v) is 4.77. The fraction of sp³-hybridized carbons (Fsp3) is 0.235. The summed E-state index contributed by atoms with van der Waals surface area (Å²) in [6.07, 6.45) is 0.993. The van der Waals surface area contributed by atoms with Crippen LogP contribution in [0.3, 0.4) is 0 Å². The van der Waals surface area contributed by atoms with Crippen molar-refractivity contribution in [2.75, 3.05) is 18.2 Å². The molecule has 0 bridgehead atoms. The minimum absolute atomic E-state index is 0.381. The Morgan fingerprint density at radius 1 is 1.19 bits per heavy atom. The summed E-state index contributed by atoms with van der Waals surface area (Å²) in [5.74, 6) is -0.426. The number of anilines is 2. The van der Waals surface area contributed by atoms with Crippen molar-refractivity contribution in [2.24, 2.45) is 0 Å². The summed E-state index contributed by atoms with van der Waals surface area (Å²) in [6.45, 7) is 2.84. The van der Waals surface area contributed by atoms with Gasteiger partial charge in [-0.3, -0.25) is 0 Å². The quantitative estimate of drug-likeness (QED) is 0.653. The summed E-state index contributed by atoms with van der Waals surface area (Å²) in [7, 11) is 1.35. The molecule has 0 radical (unpaired) electrons. The van der Waals surface area contributed by atoms with Crippen molar-refractivity contribution in [3.05, 3.63) is 59.2 Å². The van der Waals surface area contributed by atoms with E-state index in [2.05, 4.69) is 24.4 Å². The topological polar surface area (TPSA) is 64.3 Å². The average molecular weight is 284 g/mol. The van der Waals surface area contributed by atoms with Crippen molar-refractivity contribution < 1.29 is 9.53 Å². The summed E-state index contributed by atoms with van der Waals surface area (Å²) in [5.41, 5.74) is 9.99. The number of hydrogen-bond donors (Lipinski definition) is 2. The Morgan fingerprint density at radius 3 is 2.57 bits per heavy atom. The van der Waals surface area contributed by atoms with Crippen LogP contribution in [0.5, 0.6) is 0 Å². The van der Waals surface area contributed by atoms with Gasteiger partial charge in [0.2, 0.25) is 0 Å². The Labute approximate surface area is 124 Å². The molecule has 0 fully saturated rings. The Bertz CT molecular complexity index is 638. The van der Waals surface area contributed by atoms with Gasteiger partial charge >= 0.3 is 5.97 Å². The fourth-order valence-corrected chi connectivity index (χ4v) is 2.23. The van der Waals surface area contributed by atoms with Crippen molar-refractivity contribution in [1.29, 1.82) is 0 Å². The van der Waals surface area contributed by atoms with Gasteiger partial charge in [0.05, 0.1) is 12.7 Å². The molecule has 2 rings (SSSR count). The number of nitrogens with two attached hydrogens (primary N) is 1. The maximum atomic E-state index is 11.6. The van der Waals surface area contributed by atoms with Crippen LogP contribution in [0.4, 0.5) is 11.4 Å². The molecule has 2 aromatic carbocycles. The van der Waals surface area contributed by atoms with Crippen molar-refractivity contribution >= 4 is 17.3 Å². The lowest BCUT2D eigenvalue weighted by Gasteiger charge is -2.12. The normalized spacial score (nSPS) is 10.2. The molecule has 0 unspecified atom stereocenters. The Kier molecular flexibility index (Phi) is 4.82. The predicted molar refractivity (Wildman–Crippen MR) is 85.3 cm³/mol. The van der Waals surface area contributed by atoms with Gasteiger partial charge < -0.3 is 15.8 Å². The largest absolute Gasteiger partial charge is 0.465 e. The van der Waals surface area contributed by atoms with E-state index in [0.717, 1.165) is 12.1 Å². The molecule has 0 aromatic heterocycles. The van der Waals surface area contributed by atoms with Gasteiger partial charge in [-0.1, -0.05) is 31.2 Å². The molecule has 2 aromatic rings. The molecular weight excluding hydrogens is 264 g/mol. The molecule has 0 heterocycles. The van der Waals surface area contributed by atoms with E-state index in [1.807, 2.05) is 18.2 Å². The van der Waals surface area contributed by atoms with E-state index >= 15 is 0 Å². The third kappa shape index (κ3) is 3.54. The molecule has 0 saturated heterocycles. The van der Waals surface area contributed by atoms with Gasteiger partial charge in [0.15, 0.2) is 0 Å². The van der Waals surface area contributed by atoms with E-state index in [9.17, 15) is 4.79 Å². The van der Waals surface area contributed by atoms with Crippen LogP contribution in [0, 0.1) is 0 Å². The van der Waals surface area contributed by atoms with Crippen LogP contribution in [-0.2, 0) is 17.7 Å². The van der Waals surface area contributed by atoms with E-state index in [-0.39, 0.29) is 0 Å². The zero-order valence-electron chi connectivity index (χ0n) is 12.3. The van der Waals surface area contributed by atoms with Gasteiger partial charge in [0.25, 0.3) is 0 Å². The predicted octanol–water partition coefficient (Wildman–Crippen LogP) is 3.23. The van der Waals surface area contributed by atoms with Gasteiger partial charge in [-0.2, -0.15) is 0 Å². The second-order valence-electron chi connectivity index (χ2n) is 4.77. The molecule has 0 amide bonds. The number of methoxy groups -OCH3 is 1. The van der Waals surface area contributed by atoms with Crippen LogP contribution < -0.4 is 11.1 Å². The van der Waals surface area contributed by atoms with Crippen LogP contribution in [0.2, 0.25) is 0 Å². The average Bonchev–Trinajstić information content (AvgIpc) is 2.53. The number of hydrogen-bond acceptors (Lipinski definition) is 4. The molecular formula is C17H20N2O2. The van der Waals surface area contributed by atoms with E-state index in [1.165, 1.54) is 18.2 Å². The van der Waals surface area contributed by atoms with Crippen LogP contribution in [0.15, 0.2) is 42.5 Å². The van der Waals surface area contributed by atoms with Gasteiger partial charge in [-0.05, 0) is 35.7 Å². The first-order valence-electron chi connectivity index (χ1n) is 6.94. The summed E-state index contributed by atoms with van der Waals surface area (Å²) < 4.78 is 4.72. The van der Waals surface area contributed by atoms with Crippen LogP contribution in [-0.4, -0.2) is 13.1 Å². The van der Waals surface area contributed by atoms with Gasteiger partial charge in [0.1, 0.15) is 0 Å². The standard InChI is InChI=1S/C17H20N2O2/c1-3-12-6-4-5-7-13(12)11-19-14-8-9-16(18)15(10-14)17(20)21-2/h4-10,19H,3,11,18H2,1-2H3. The fourth-order valence-electron chi connectivity index (χ4n) is 2.23. The second kappa shape index (κ2) is 6.79. The highest BCUT2D eigenvalue weighted by molar-refractivity contribution is 5.96. The number of carbonyl (C=O) groups excluding carboxylic acids is 1. The number of rotatable bonds is 5. The third-order valence-corrected chi connectivity index (χ3v) is 3.44. The Morgan fingerprint density at radius 2 is 1.90 bits per heavy atom. The summed E-state index contributed by atoms with van der Waals surface area (Å²) >= 11 is 0. The first-order valence-corrected chi connectivity index (χ1v) is 6.94. The number of benzene rings is 2. The molecule has 110 valence electrons. The van der Waals surface area contributed by atoms with E-state index in [0.29, 0.717) is 17.8 Å². The Balaban J connectivity index is 2.15. The monoisotopic (exact) mass is 284 g/mol. The maximum Gasteiger partial charge on any atom is 0.340 e. The minimum Gasteiger partial charge on any atom is -0.465 e. The molecule has 0 saturated carbocycles. The molecule has 4 heteroatoms. The highest BCUT2D eigenvalue weighted by atomic mass is 16.5. The summed E-state index contributed by atoms with van der Waals surface area (Å²) in [6, 6.07) is 13.6. The zero-order chi connectivity index (χ0) is 15.2. The zero-order valence-corrected chi connectivity index (χ0v) is 12.3. The molecule has 0 aliphatic carbocycles. The van der Waals surface area contributed by atoms with Crippen molar-refractivity contribution in [2.45, 2.75) is 19.9 Å². The molecule has 0 aliphatic rings. The highest BCUT2D eigenvalue weighted by Gasteiger charge is 2.10. The molecule has 0 atom stereocenters. The molecule has 4 nitrogen and oxygen atoms in total. The summed E-state index contributed by atoms with van der Waals surface area (Å²) in [5, 5.41) is 3.32. The van der Waals surface area contributed by atoms with Gasteiger partial charge in [0, 0.05) is 17.9 Å². The molecule has 0 spiro atoms. The van der Waals surface area contributed by atoms with E-state index in [4.69, 9.17) is 10.5 Å². The highest BCUT2D eigenvalue weighted by Crippen LogP contribution is 2.20. The first kappa shape index (κ1) is 14.9. The molecule has 21 heavy (non-hydrogen) atoms. The van der Waals surface area contributed by atoms with Crippen molar-refractivity contribution in [3.8, 4) is 0 Å². The summed E-state index contributed by atoms with van der Waals surface area (Å²) in [4.78, 5) is 11.6. The number of aryl methyl sites for hydroxylation is 1. The lowest BCUT2D eigenvalue weighted by atomic mass is 10.1. The molecule has 3 N–H and O–H groups in total. The molecule has 0 aliphatic heterocycles. The van der Waals surface area contributed by atoms with Gasteiger partial charge in [-0.25, -0.2) is 4.79 Å². The third-order valence-electron chi connectivity index (χ3n) is 3.44. The van der Waals surface area contributed by atoms with Crippen LogP contribution in [0.25, 0.3) is 0 Å². The lowest BCUT2D eigenvalue weighted by molar-refractivity contribution is 0.0602. The first-order chi connectivity index (χ1) is 10.2. The SMILES string of the molecule is CCc1ccccc1CNc1ccc(N)c(C(=O)OC)c1. The number of ether oxygens (including phenoxy) is 1. The van der Waals surface area contributed by atoms with Crippen molar-refractivity contribution in [3.63, 3.8) is 0 Å². The minimum atomic E-state index is -0.426. The Hall–Kier alpha value is -2.49. The maximum absolute atomic E-state index is 11.6. The smallest absolute Gasteiger partial charge is 0.340 e. The number of esters is 1. The number of nitrogens with one attached hydrogen (secondary N) is 1. The van der Waals surface area contributed by atoms with Crippen LogP contribution >= 0.6 is 0 Å². The number of nitrogen functional groups attached to an aromatic ring is 1. The number of carbonyl (C=O) groups is 1. The van der Waals surface area contributed by atoms with Crippen LogP contribution in [0.1, 0.15) is 28.4 Å². The van der Waals surface area contributed by atoms with E-state index in [1.54, 1.807) is 12.1 Å². The lowest BCUT2D eigenvalue weighted by Crippen LogP contribution is -2.08. The van der Waals surface area contributed by atoms with Crippen molar-refractivity contribution in [1.82, 2.24) is 0 Å². The van der Waals surface area contributed by atoms with E-state index < -0.39 is 5.97 Å². The van der Waals surface area contributed by atoms with Gasteiger partial charge in [-0.15, -0.1) is 0 Å².